The molecule has 2 N–H and O–H groups in total. The highest BCUT2D eigenvalue weighted by Crippen LogP contribution is 2.48. The number of rotatable bonds is 4. The molecule has 2 rings (SSSR count). The Morgan fingerprint density at radius 1 is 0.647 bits per heavy atom. The Morgan fingerprint density at radius 2 is 1.00 bits per heavy atom. The molecule has 100 valence electrons. The average Bonchev–Trinajstić information content (AvgIpc) is 2.43. The van der Waals surface area contributed by atoms with Gasteiger partial charge in [0, 0.05) is 5.41 Å². The molecule has 0 amide bonds. The van der Waals surface area contributed by atoms with Gasteiger partial charge in [-0.1, -0.05) is 38.5 Å². The average molecular weight is 240 g/mol. The summed E-state index contributed by atoms with van der Waals surface area (Å²) in [6.45, 7) is 0.387. The molecule has 2 fully saturated rings. The molecule has 2 aliphatic rings. The van der Waals surface area contributed by atoms with Crippen LogP contribution >= 0.6 is 0 Å². The van der Waals surface area contributed by atoms with Gasteiger partial charge in [-0.2, -0.15) is 0 Å². The molecular formula is C15H28O2. The minimum atomic E-state index is -0.166. The van der Waals surface area contributed by atoms with Crippen LogP contribution in [0.15, 0.2) is 0 Å². The van der Waals surface area contributed by atoms with Crippen LogP contribution in [0.5, 0.6) is 0 Å². The minimum absolute atomic E-state index is 0.166. The Bertz CT molecular complexity index is 191. The molecule has 0 radical (unpaired) electrons. The van der Waals surface area contributed by atoms with Crippen LogP contribution in [0.25, 0.3) is 0 Å². The number of aliphatic hydroxyl groups excluding tert-OH is 2. The van der Waals surface area contributed by atoms with Gasteiger partial charge in [0.25, 0.3) is 0 Å². The van der Waals surface area contributed by atoms with Crippen molar-refractivity contribution in [2.75, 3.05) is 13.2 Å². The first kappa shape index (κ1) is 13.4. The molecule has 0 spiro atoms. The fourth-order valence-electron chi connectivity index (χ4n) is 4.25. The normalized spacial score (nSPS) is 25.1. The Morgan fingerprint density at radius 3 is 1.29 bits per heavy atom. The number of hydrogen-bond acceptors (Lipinski definition) is 2. The Balaban J connectivity index is 2.10. The predicted octanol–water partition coefficient (Wildman–Crippen LogP) is 3.12. The summed E-state index contributed by atoms with van der Waals surface area (Å²) in [6, 6.07) is 0. The minimum Gasteiger partial charge on any atom is -0.396 e. The van der Waals surface area contributed by atoms with Crippen LogP contribution in [0.2, 0.25) is 0 Å². The lowest BCUT2D eigenvalue weighted by molar-refractivity contribution is -0.0672. The molecule has 2 saturated carbocycles. The predicted molar refractivity (Wildman–Crippen MR) is 69.8 cm³/mol. The molecule has 0 aromatic heterocycles. The molecule has 2 aliphatic carbocycles. The van der Waals surface area contributed by atoms with Gasteiger partial charge in [0.2, 0.25) is 0 Å². The van der Waals surface area contributed by atoms with E-state index >= 15 is 0 Å². The van der Waals surface area contributed by atoms with Crippen molar-refractivity contribution in [2.45, 2.75) is 64.2 Å². The van der Waals surface area contributed by atoms with Crippen molar-refractivity contribution < 1.29 is 10.2 Å². The number of hydrogen-bond donors (Lipinski definition) is 2. The standard InChI is InChI=1S/C15H28O2/c16-11-15(12-17,13-7-3-1-4-8-13)14-9-5-2-6-10-14/h13-14,16-17H,1-12H2. The molecule has 0 aromatic rings. The van der Waals surface area contributed by atoms with Crippen LogP contribution in [0, 0.1) is 17.3 Å². The van der Waals surface area contributed by atoms with Gasteiger partial charge in [0.15, 0.2) is 0 Å². The lowest BCUT2D eigenvalue weighted by atomic mass is 9.59. The largest absolute Gasteiger partial charge is 0.396 e. The zero-order valence-corrected chi connectivity index (χ0v) is 11.0. The summed E-state index contributed by atoms with van der Waals surface area (Å²) in [6.07, 6.45) is 12.7. The van der Waals surface area contributed by atoms with Gasteiger partial charge in [-0.25, -0.2) is 0 Å². The van der Waals surface area contributed by atoms with Crippen LogP contribution < -0.4 is 0 Å². The molecule has 0 unspecified atom stereocenters. The van der Waals surface area contributed by atoms with Crippen molar-refractivity contribution in [2.24, 2.45) is 17.3 Å². The number of aliphatic hydroxyl groups is 2. The van der Waals surface area contributed by atoms with E-state index in [2.05, 4.69) is 0 Å². The van der Waals surface area contributed by atoms with Crippen LogP contribution in [-0.4, -0.2) is 23.4 Å². The fraction of sp³-hybridized carbons (Fsp3) is 1.00. The highest BCUT2D eigenvalue weighted by molar-refractivity contribution is 4.93. The van der Waals surface area contributed by atoms with Crippen molar-refractivity contribution in [3.8, 4) is 0 Å². The summed E-state index contributed by atoms with van der Waals surface area (Å²) in [5, 5.41) is 19.8. The van der Waals surface area contributed by atoms with Crippen LogP contribution in [0.4, 0.5) is 0 Å². The van der Waals surface area contributed by atoms with E-state index < -0.39 is 0 Å². The van der Waals surface area contributed by atoms with Gasteiger partial charge in [0.1, 0.15) is 0 Å². The summed E-state index contributed by atoms with van der Waals surface area (Å²) >= 11 is 0. The van der Waals surface area contributed by atoms with Gasteiger partial charge in [0.05, 0.1) is 13.2 Å². The molecule has 0 saturated heterocycles. The summed E-state index contributed by atoms with van der Waals surface area (Å²) in [7, 11) is 0. The maximum atomic E-state index is 9.92. The quantitative estimate of drug-likeness (QED) is 0.792. The zero-order valence-electron chi connectivity index (χ0n) is 11.0. The summed E-state index contributed by atoms with van der Waals surface area (Å²) in [5.41, 5.74) is -0.166. The lowest BCUT2D eigenvalue weighted by Crippen LogP contribution is -2.46. The zero-order chi connectivity index (χ0) is 12.1. The molecule has 2 nitrogen and oxygen atoms in total. The maximum absolute atomic E-state index is 9.92. The van der Waals surface area contributed by atoms with Crippen LogP contribution in [0.1, 0.15) is 64.2 Å². The van der Waals surface area contributed by atoms with Crippen LogP contribution in [-0.2, 0) is 0 Å². The van der Waals surface area contributed by atoms with Gasteiger partial charge >= 0.3 is 0 Å². The van der Waals surface area contributed by atoms with Gasteiger partial charge in [-0.3, -0.25) is 0 Å². The first-order chi connectivity index (χ1) is 8.33. The van der Waals surface area contributed by atoms with E-state index in [-0.39, 0.29) is 18.6 Å². The smallest absolute Gasteiger partial charge is 0.0514 e. The Hall–Kier alpha value is -0.0800. The Labute approximate surface area is 105 Å². The fourth-order valence-corrected chi connectivity index (χ4v) is 4.25. The van der Waals surface area contributed by atoms with E-state index in [9.17, 15) is 10.2 Å². The molecule has 0 aromatic carbocycles. The van der Waals surface area contributed by atoms with Gasteiger partial charge in [-0.05, 0) is 37.5 Å². The van der Waals surface area contributed by atoms with E-state index in [4.69, 9.17) is 0 Å². The maximum Gasteiger partial charge on any atom is 0.0514 e. The molecule has 2 heteroatoms. The van der Waals surface area contributed by atoms with Crippen LogP contribution in [0.3, 0.4) is 0 Å². The van der Waals surface area contributed by atoms with Crippen molar-refractivity contribution in [3.05, 3.63) is 0 Å². The first-order valence-corrected chi connectivity index (χ1v) is 7.55. The molecule has 0 aliphatic heterocycles. The van der Waals surface area contributed by atoms with Gasteiger partial charge in [-0.15, -0.1) is 0 Å². The SMILES string of the molecule is OCC(CO)(C1CCCCC1)C1CCCCC1. The topological polar surface area (TPSA) is 40.5 Å². The third-order valence-corrected chi connectivity index (χ3v) is 5.43. The van der Waals surface area contributed by atoms with Crippen molar-refractivity contribution in [3.63, 3.8) is 0 Å². The molecule has 0 heterocycles. The van der Waals surface area contributed by atoms with Gasteiger partial charge < -0.3 is 10.2 Å². The first-order valence-electron chi connectivity index (χ1n) is 7.55. The third-order valence-electron chi connectivity index (χ3n) is 5.43. The highest BCUT2D eigenvalue weighted by Gasteiger charge is 2.44. The summed E-state index contributed by atoms with van der Waals surface area (Å²) in [5.74, 6) is 1.13. The summed E-state index contributed by atoms with van der Waals surface area (Å²) < 4.78 is 0. The Kier molecular flexibility index (Phi) is 4.87. The van der Waals surface area contributed by atoms with E-state index in [1.807, 2.05) is 0 Å². The van der Waals surface area contributed by atoms with E-state index in [0.29, 0.717) is 11.8 Å². The second-order valence-corrected chi connectivity index (χ2v) is 6.22. The summed E-state index contributed by atoms with van der Waals surface area (Å²) in [4.78, 5) is 0. The lowest BCUT2D eigenvalue weighted by Gasteiger charge is -2.47. The van der Waals surface area contributed by atoms with E-state index in [1.165, 1.54) is 64.2 Å². The van der Waals surface area contributed by atoms with E-state index in [0.717, 1.165) is 0 Å². The highest BCUT2D eigenvalue weighted by atomic mass is 16.3. The monoisotopic (exact) mass is 240 g/mol. The molecule has 0 bridgehead atoms. The molecule has 17 heavy (non-hydrogen) atoms. The second-order valence-electron chi connectivity index (χ2n) is 6.22. The second kappa shape index (κ2) is 6.19. The van der Waals surface area contributed by atoms with Crippen molar-refractivity contribution in [1.29, 1.82) is 0 Å². The third kappa shape index (κ3) is 2.68. The van der Waals surface area contributed by atoms with E-state index in [1.54, 1.807) is 0 Å². The van der Waals surface area contributed by atoms with Crippen molar-refractivity contribution >= 4 is 0 Å². The van der Waals surface area contributed by atoms with Crippen molar-refractivity contribution in [1.82, 2.24) is 0 Å². The molecule has 0 atom stereocenters. The molecular weight excluding hydrogens is 212 g/mol.